The monoisotopic (exact) mass is 696 g/mol. The fourth-order valence-electron chi connectivity index (χ4n) is 6.13. The molecular formula is C41H48N2O6S. The molecule has 50 heavy (non-hydrogen) atoms. The van der Waals surface area contributed by atoms with Crippen molar-refractivity contribution in [1.29, 1.82) is 0 Å². The van der Waals surface area contributed by atoms with Crippen molar-refractivity contribution in [3.63, 3.8) is 0 Å². The van der Waals surface area contributed by atoms with E-state index in [9.17, 15) is 14.7 Å². The van der Waals surface area contributed by atoms with Gasteiger partial charge in [0.25, 0.3) is 0 Å². The molecule has 0 aliphatic carbocycles. The average molecular weight is 697 g/mol. The number of aliphatic hydroxyl groups is 1. The van der Waals surface area contributed by atoms with E-state index in [2.05, 4.69) is 54.0 Å². The first-order chi connectivity index (χ1) is 24.4. The van der Waals surface area contributed by atoms with Gasteiger partial charge in [0.15, 0.2) is 6.29 Å². The van der Waals surface area contributed by atoms with Crippen LogP contribution in [0.3, 0.4) is 0 Å². The molecule has 4 atom stereocenters. The van der Waals surface area contributed by atoms with Crippen LogP contribution in [0, 0.1) is 5.92 Å². The van der Waals surface area contributed by atoms with Crippen LogP contribution in [-0.2, 0) is 32.2 Å². The van der Waals surface area contributed by atoms with Crippen LogP contribution in [0.4, 0.5) is 0 Å². The number of unbranched alkanes of at least 4 members (excludes halogenated alkanes) is 2. The molecule has 4 aromatic rings. The Morgan fingerprint density at radius 3 is 2.30 bits per heavy atom. The van der Waals surface area contributed by atoms with E-state index in [0.717, 1.165) is 69.0 Å². The van der Waals surface area contributed by atoms with Crippen LogP contribution in [0.15, 0.2) is 102 Å². The van der Waals surface area contributed by atoms with Crippen LogP contribution >= 0.6 is 11.8 Å². The van der Waals surface area contributed by atoms with Crippen molar-refractivity contribution < 1.29 is 28.9 Å². The van der Waals surface area contributed by atoms with Crippen LogP contribution in [0.25, 0.3) is 11.1 Å². The number of rotatable bonds is 16. The highest BCUT2D eigenvalue weighted by molar-refractivity contribution is 7.99. The van der Waals surface area contributed by atoms with Gasteiger partial charge in [-0.2, -0.15) is 0 Å². The third kappa shape index (κ3) is 10.2. The van der Waals surface area contributed by atoms with E-state index in [0.29, 0.717) is 19.5 Å². The highest BCUT2D eigenvalue weighted by Crippen LogP contribution is 2.44. The van der Waals surface area contributed by atoms with Crippen LogP contribution < -0.4 is 15.4 Å². The molecule has 1 aliphatic heterocycles. The van der Waals surface area contributed by atoms with Gasteiger partial charge in [0.1, 0.15) is 5.75 Å². The van der Waals surface area contributed by atoms with Gasteiger partial charge < -0.3 is 30.0 Å². The van der Waals surface area contributed by atoms with Crippen molar-refractivity contribution in [2.75, 3.05) is 19.4 Å². The number of aliphatic hydroxyl groups excluding tert-OH is 1. The van der Waals surface area contributed by atoms with E-state index in [1.165, 1.54) is 6.92 Å². The van der Waals surface area contributed by atoms with Crippen LogP contribution in [0.1, 0.15) is 74.2 Å². The predicted molar refractivity (Wildman–Crippen MR) is 198 cm³/mol. The summed E-state index contributed by atoms with van der Waals surface area (Å²) in [5, 5.41) is 15.5. The van der Waals surface area contributed by atoms with Crippen molar-refractivity contribution in [3.05, 3.63) is 119 Å². The number of methoxy groups -OCH3 is 1. The van der Waals surface area contributed by atoms with Gasteiger partial charge in [-0.05, 0) is 52.8 Å². The molecule has 0 aromatic heterocycles. The fraction of sp³-hybridized carbons (Fsp3) is 0.366. The van der Waals surface area contributed by atoms with Gasteiger partial charge in [0.2, 0.25) is 11.8 Å². The van der Waals surface area contributed by atoms with Crippen molar-refractivity contribution in [1.82, 2.24) is 10.6 Å². The summed E-state index contributed by atoms with van der Waals surface area (Å²) in [6.07, 6.45) is 2.12. The van der Waals surface area contributed by atoms with Gasteiger partial charge in [-0.25, -0.2) is 0 Å². The molecule has 1 heterocycles. The van der Waals surface area contributed by atoms with Gasteiger partial charge >= 0.3 is 0 Å². The Morgan fingerprint density at radius 1 is 0.840 bits per heavy atom. The second-order valence-electron chi connectivity index (χ2n) is 12.6. The number of para-hydroxylation sites is 1. The highest BCUT2D eigenvalue weighted by atomic mass is 32.2. The third-order valence-electron chi connectivity index (χ3n) is 9.04. The first-order valence-electron chi connectivity index (χ1n) is 17.3. The Kier molecular flexibility index (Phi) is 13.9. The Hall–Kier alpha value is -4.15. The number of carbonyl (C=O) groups excluding carboxylic acids is 2. The van der Waals surface area contributed by atoms with Gasteiger partial charge in [-0.15, -0.1) is 11.8 Å². The standard InChI is InChI=1S/C41H48N2O6S/c1-28-37(27-50-38-14-9-8-13-36(38)47-3)48-41(49-40(28)32-18-16-30(26-44)17-19-32)33-22-20-31(21-23-33)35-12-7-6-11-34(35)25-43-39(46)15-5-4-10-24-42-29(2)45/h6-9,11-14,16-23,28,37,40-41,44H,4-5,10,15,24-27H2,1-3H3,(H,42,45)(H,43,46)/t28-,37+,40+,41+/m1/s1. The molecule has 1 saturated heterocycles. The molecule has 0 spiro atoms. The van der Waals surface area contributed by atoms with Crippen molar-refractivity contribution >= 4 is 23.6 Å². The fourth-order valence-corrected chi connectivity index (χ4v) is 7.32. The van der Waals surface area contributed by atoms with Crippen LogP contribution in [0.5, 0.6) is 5.75 Å². The van der Waals surface area contributed by atoms with E-state index >= 15 is 0 Å². The first-order valence-corrected chi connectivity index (χ1v) is 18.3. The van der Waals surface area contributed by atoms with Crippen molar-refractivity contribution in [2.45, 2.75) is 76.1 Å². The Labute approximate surface area is 299 Å². The summed E-state index contributed by atoms with van der Waals surface area (Å²) in [5.41, 5.74) is 5.97. The molecule has 0 unspecified atom stereocenters. The number of ether oxygens (including phenoxy) is 3. The highest BCUT2D eigenvalue weighted by Gasteiger charge is 2.38. The average Bonchev–Trinajstić information content (AvgIpc) is 3.15. The maximum absolute atomic E-state index is 12.6. The molecule has 9 heteroatoms. The minimum Gasteiger partial charge on any atom is -0.496 e. The number of benzene rings is 4. The minimum atomic E-state index is -0.571. The second kappa shape index (κ2) is 18.7. The van der Waals surface area contributed by atoms with Crippen LogP contribution in [-0.4, -0.2) is 42.4 Å². The molecule has 1 aliphatic rings. The molecule has 2 amide bonds. The summed E-state index contributed by atoms with van der Waals surface area (Å²) in [5.74, 6) is 1.63. The predicted octanol–water partition coefficient (Wildman–Crippen LogP) is 7.75. The molecule has 5 rings (SSSR count). The van der Waals surface area contributed by atoms with Crippen LogP contribution in [0.2, 0.25) is 0 Å². The summed E-state index contributed by atoms with van der Waals surface area (Å²) in [6, 6.07) is 32.4. The quantitative estimate of drug-likeness (QED) is 0.0813. The topological polar surface area (TPSA) is 106 Å². The normalized spacial score (nSPS) is 18.7. The van der Waals surface area contributed by atoms with E-state index in [4.69, 9.17) is 14.2 Å². The van der Waals surface area contributed by atoms with E-state index in [-0.39, 0.29) is 36.5 Å². The Balaban J connectivity index is 1.27. The maximum atomic E-state index is 12.6. The molecule has 1 fully saturated rings. The number of thioether (sulfide) groups is 1. The van der Waals surface area contributed by atoms with E-state index in [1.807, 2.05) is 60.7 Å². The number of hydrogen-bond acceptors (Lipinski definition) is 7. The number of amides is 2. The molecule has 8 nitrogen and oxygen atoms in total. The summed E-state index contributed by atoms with van der Waals surface area (Å²) in [7, 11) is 1.69. The lowest BCUT2D eigenvalue weighted by molar-refractivity contribution is -0.268. The van der Waals surface area contributed by atoms with Crippen molar-refractivity contribution in [3.8, 4) is 16.9 Å². The molecule has 0 saturated carbocycles. The molecular weight excluding hydrogens is 649 g/mol. The van der Waals surface area contributed by atoms with Gasteiger partial charge in [0, 0.05) is 48.6 Å². The molecule has 264 valence electrons. The van der Waals surface area contributed by atoms with Gasteiger partial charge in [0.05, 0.1) is 25.9 Å². The van der Waals surface area contributed by atoms with Gasteiger partial charge in [-0.3, -0.25) is 9.59 Å². The molecule has 0 radical (unpaired) electrons. The zero-order valence-electron chi connectivity index (χ0n) is 29.1. The summed E-state index contributed by atoms with van der Waals surface area (Å²) >= 11 is 1.72. The van der Waals surface area contributed by atoms with Crippen molar-refractivity contribution in [2.24, 2.45) is 5.92 Å². The SMILES string of the molecule is COc1ccccc1SC[C@@H]1O[C@H](c2ccc(-c3ccccc3CNC(=O)CCCCCNC(C)=O)cc2)O[C@H](c2ccc(CO)cc2)[C@@H]1C. The lowest BCUT2D eigenvalue weighted by Gasteiger charge is -2.41. The zero-order valence-corrected chi connectivity index (χ0v) is 29.9. The minimum absolute atomic E-state index is 0.00472. The molecule has 0 bridgehead atoms. The summed E-state index contributed by atoms with van der Waals surface area (Å²) < 4.78 is 19.0. The zero-order chi connectivity index (χ0) is 35.3. The third-order valence-corrected chi connectivity index (χ3v) is 10.2. The smallest absolute Gasteiger partial charge is 0.220 e. The summed E-state index contributed by atoms with van der Waals surface area (Å²) in [4.78, 5) is 24.6. The number of nitrogens with one attached hydrogen (secondary N) is 2. The summed E-state index contributed by atoms with van der Waals surface area (Å²) in [6.45, 7) is 4.76. The van der Waals surface area contributed by atoms with Gasteiger partial charge in [-0.1, -0.05) is 98.3 Å². The number of carbonyl (C=O) groups is 2. The molecule has 3 N–H and O–H groups in total. The Bertz CT molecular complexity index is 1680. The maximum Gasteiger partial charge on any atom is 0.220 e. The molecule has 4 aromatic carbocycles. The lowest BCUT2D eigenvalue weighted by Crippen LogP contribution is -2.38. The Morgan fingerprint density at radius 2 is 1.56 bits per heavy atom. The van der Waals surface area contributed by atoms with E-state index in [1.54, 1.807) is 18.9 Å². The number of hydrogen-bond donors (Lipinski definition) is 3. The van der Waals surface area contributed by atoms with E-state index < -0.39 is 6.29 Å². The second-order valence-corrected chi connectivity index (χ2v) is 13.7. The largest absolute Gasteiger partial charge is 0.496 e. The lowest BCUT2D eigenvalue weighted by atomic mass is 9.91. The first kappa shape index (κ1) is 37.1.